The molecular formula is C16H26O2. The molecule has 0 spiro atoms. The predicted octanol–water partition coefficient (Wildman–Crippen LogP) is 3.18. The Bertz CT molecular complexity index is 400. The Morgan fingerprint density at radius 2 is 1.72 bits per heavy atom. The van der Waals surface area contributed by atoms with Gasteiger partial charge in [-0.3, -0.25) is 4.79 Å². The van der Waals surface area contributed by atoms with Gasteiger partial charge in [0.2, 0.25) is 0 Å². The summed E-state index contributed by atoms with van der Waals surface area (Å²) >= 11 is 0. The summed E-state index contributed by atoms with van der Waals surface area (Å²) in [5.41, 5.74) is 0.149. The average Bonchev–Trinajstić information content (AvgIpc) is 2.29. The monoisotopic (exact) mass is 250 g/mol. The van der Waals surface area contributed by atoms with E-state index in [1.54, 1.807) is 0 Å². The van der Waals surface area contributed by atoms with Crippen molar-refractivity contribution in [3.05, 3.63) is 0 Å². The van der Waals surface area contributed by atoms with Crippen molar-refractivity contribution in [1.29, 1.82) is 0 Å². The molecule has 0 saturated heterocycles. The van der Waals surface area contributed by atoms with Crippen molar-refractivity contribution < 1.29 is 9.90 Å². The molecule has 0 aromatic heterocycles. The van der Waals surface area contributed by atoms with Gasteiger partial charge in [-0.1, -0.05) is 27.7 Å². The number of carbonyl (C=O) groups excluding carboxylic acids is 1. The Morgan fingerprint density at radius 1 is 1.06 bits per heavy atom. The van der Waals surface area contributed by atoms with Crippen LogP contribution < -0.4 is 0 Å². The maximum absolute atomic E-state index is 12.0. The summed E-state index contributed by atoms with van der Waals surface area (Å²) in [7, 11) is 0. The lowest BCUT2D eigenvalue weighted by atomic mass is 9.37. The number of fused-ring (bicyclic) bond motifs is 3. The Hall–Kier alpha value is -0.370. The molecule has 5 atom stereocenters. The molecule has 1 N–H and O–H groups in total. The van der Waals surface area contributed by atoms with E-state index in [1.807, 2.05) is 0 Å². The molecule has 3 aliphatic carbocycles. The number of rotatable bonds is 0. The molecule has 0 radical (unpaired) electrons. The molecule has 0 heterocycles. The van der Waals surface area contributed by atoms with Gasteiger partial charge >= 0.3 is 0 Å². The summed E-state index contributed by atoms with van der Waals surface area (Å²) in [6.07, 6.45) is 4.66. The lowest BCUT2D eigenvalue weighted by Crippen LogP contribution is -2.67. The van der Waals surface area contributed by atoms with Gasteiger partial charge in [-0.15, -0.1) is 0 Å². The second-order valence-electron chi connectivity index (χ2n) is 8.10. The number of Topliss-reactive ketones (excluding diaryl/α,β-unsaturated/α-hetero) is 1. The Labute approximate surface area is 110 Å². The first-order valence-corrected chi connectivity index (χ1v) is 7.44. The lowest BCUT2D eigenvalue weighted by molar-refractivity contribution is -0.215. The van der Waals surface area contributed by atoms with Gasteiger partial charge in [0, 0.05) is 17.3 Å². The topological polar surface area (TPSA) is 37.3 Å². The zero-order valence-electron chi connectivity index (χ0n) is 12.1. The number of ketones is 1. The van der Waals surface area contributed by atoms with Crippen molar-refractivity contribution in [2.75, 3.05) is 0 Å². The highest BCUT2D eigenvalue weighted by molar-refractivity contribution is 5.91. The molecule has 2 nitrogen and oxygen atoms in total. The second-order valence-corrected chi connectivity index (χ2v) is 8.10. The fourth-order valence-electron chi connectivity index (χ4n) is 5.62. The Balaban J connectivity index is 2.02. The van der Waals surface area contributed by atoms with E-state index in [9.17, 15) is 9.90 Å². The van der Waals surface area contributed by atoms with Gasteiger partial charge in [-0.2, -0.15) is 0 Å². The predicted molar refractivity (Wildman–Crippen MR) is 71.1 cm³/mol. The van der Waals surface area contributed by atoms with E-state index >= 15 is 0 Å². The largest absolute Gasteiger partial charge is 0.393 e. The Kier molecular flexibility index (Phi) is 2.38. The van der Waals surface area contributed by atoms with Crippen LogP contribution in [0.2, 0.25) is 0 Å². The SMILES string of the molecule is CC1(C)CC[C@@H](O)[C@]2(C)[C@@H]1CC[C@@]1(C)C(=O)C[C@@H]21. The van der Waals surface area contributed by atoms with E-state index in [-0.39, 0.29) is 16.9 Å². The molecule has 0 aromatic carbocycles. The fourth-order valence-corrected chi connectivity index (χ4v) is 5.62. The van der Waals surface area contributed by atoms with E-state index in [1.165, 1.54) is 0 Å². The molecule has 3 aliphatic rings. The molecule has 0 amide bonds. The molecule has 3 fully saturated rings. The third kappa shape index (κ3) is 1.25. The second kappa shape index (κ2) is 3.39. The highest BCUT2D eigenvalue weighted by Crippen LogP contribution is 2.68. The van der Waals surface area contributed by atoms with E-state index in [2.05, 4.69) is 27.7 Å². The van der Waals surface area contributed by atoms with Crippen LogP contribution in [0.4, 0.5) is 0 Å². The van der Waals surface area contributed by atoms with Crippen LogP contribution in [0, 0.1) is 28.1 Å². The van der Waals surface area contributed by atoms with Gasteiger partial charge in [0.1, 0.15) is 5.78 Å². The number of hydrogen-bond donors (Lipinski definition) is 1. The molecule has 0 unspecified atom stereocenters. The summed E-state index contributed by atoms with van der Waals surface area (Å²) in [4.78, 5) is 12.0. The minimum Gasteiger partial charge on any atom is -0.393 e. The fraction of sp³-hybridized carbons (Fsp3) is 0.938. The molecule has 18 heavy (non-hydrogen) atoms. The van der Waals surface area contributed by atoms with Crippen LogP contribution in [-0.4, -0.2) is 17.0 Å². The van der Waals surface area contributed by atoms with Crippen molar-refractivity contribution in [1.82, 2.24) is 0 Å². The third-order valence-electron chi connectivity index (χ3n) is 6.97. The van der Waals surface area contributed by atoms with Crippen molar-refractivity contribution in [3.63, 3.8) is 0 Å². The van der Waals surface area contributed by atoms with Crippen molar-refractivity contribution in [3.8, 4) is 0 Å². The zero-order valence-corrected chi connectivity index (χ0v) is 12.1. The smallest absolute Gasteiger partial charge is 0.139 e. The van der Waals surface area contributed by atoms with Gasteiger partial charge in [-0.25, -0.2) is 0 Å². The first-order valence-electron chi connectivity index (χ1n) is 7.44. The first kappa shape index (κ1) is 12.7. The summed E-state index contributed by atoms with van der Waals surface area (Å²) in [6.45, 7) is 9.10. The van der Waals surface area contributed by atoms with Crippen LogP contribution in [0.25, 0.3) is 0 Å². The minimum absolute atomic E-state index is 0.0390. The van der Waals surface area contributed by atoms with E-state index in [0.717, 1.165) is 25.7 Å². The summed E-state index contributed by atoms with van der Waals surface area (Å²) in [5, 5.41) is 10.6. The molecule has 0 aromatic rings. The summed E-state index contributed by atoms with van der Waals surface area (Å²) < 4.78 is 0. The van der Waals surface area contributed by atoms with Crippen LogP contribution in [0.15, 0.2) is 0 Å². The lowest BCUT2D eigenvalue weighted by Gasteiger charge is -2.67. The molecule has 2 heteroatoms. The summed E-state index contributed by atoms with van der Waals surface area (Å²) in [5.74, 6) is 1.41. The Morgan fingerprint density at radius 3 is 2.33 bits per heavy atom. The number of hydrogen-bond acceptors (Lipinski definition) is 2. The van der Waals surface area contributed by atoms with Crippen molar-refractivity contribution in [2.24, 2.45) is 28.1 Å². The quantitative estimate of drug-likeness (QED) is 0.717. The van der Waals surface area contributed by atoms with Gasteiger partial charge in [0.25, 0.3) is 0 Å². The third-order valence-corrected chi connectivity index (χ3v) is 6.97. The highest BCUT2D eigenvalue weighted by atomic mass is 16.3. The van der Waals surface area contributed by atoms with Crippen LogP contribution >= 0.6 is 0 Å². The first-order chi connectivity index (χ1) is 8.23. The number of aliphatic hydroxyl groups is 1. The highest BCUT2D eigenvalue weighted by Gasteiger charge is 2.67. The molecule has 3 rings (SSSR count). The maximum Gasteiger partial charge on any atom is 0.139 e. The van der Waals surface area contributed by atoms with Crippen molar-refractivity contribution in [2.45, 2.75) is 65.9 Å². The van der Waals surface area contributed by atoms with Gasteiger partial charge in [-0.05, 0) is 42.9 Å². The molecule has 0 bridgehead atoms. The van der Waals surface area contributed by atoms with Crippen LogP contribution in [0.1, 0.15) is 59.8 Å². The zero-order chi connectivity index (χ0) is 13.3. The van der Waals surface area contributed by atoms with Gasteiger partial charge < -0.3 is 5.11 Å². The van der Waals surface area contributed by atoms with Gasteiger partial charge in [0.05, 0.1) is 6.10 Å². The number of carbonyl (C=O) groups is 1. The van der Waals surface area contributed by atoms with E-state index in [0.29, 0.717) is 29.5 Å². The average molecular weight is 250 g/mol. The number of aliphatic hydroxyl groups excluding tert-OH is 1. The van der Waals surface area contributed by atoms with E-state index in [4.69, 9.17) is 0 Å². The van der Waals surface area contributed by atoms with Gasteiger partial charge in [0.15, 0.2) is 0 Å². The molecular weight excluding hydrogens is 224 g/mol. The van der Waals surface area contributed by atoms with E-state index < -0.39 is 0 Å². The van der Waals surface area contributed by atoms with Crippen LogP contribution in [0.5, 0.6) is 0 Å². The normalized spacial score (nSPS) is 54.3. The van der Waals surface area contributed by atoms with Crippen LogP contribution in [-0.2, 0) is 4.79 Å². The molecule has 3 saturated carbocycles. The standard InChI is InChI=1S/C16H26O2/c1-14(2)7-6-12(17)16(4)10(14)5-8-15(3)11(16)9-13(15)18/h10-12,17H,5-9H2,1-4H3/t10-,11-,12-,15-,16-/m1/s1. The molecule has 102 valence electrons. The van der Waals surface area contributed by atoms with Crippen LogP contribution in [0.3, 0.4) is 0 Å². The summed E-state index contributed by atoms with van der Waals surface area (Å²) in [6, 6.07) is 0. The van der Waals surface area contributed by atoms with Crippen molar-refractivity contribution >= 4 is 5.78 Å². The maximum atomic E-state index is 12.0. The molecule has 0 aliphatic heterocycles. The minimum atomic E-state index is -0.215.